The lowest BCUT2D eigenvalue weighted by molar-refractivity contribution is 0.532. The van der Waals surface area contributed by atoms with Crippen LogP contribution in [0.5, 0.6) is 0 Å². The van der Waals surface area contributed by atoms with Gasteiger partial charge in [-0.15, -0.1) is 0 Å². The van der Waals surface area contributed by atoms with E-state index in [2.05, 4.69) is 25.5 Å². The molecule has 170 valence electrons. The number of anilines is 2. The first-order valence-corrected chi connectivity index (χ1v) is 12.8. The fourth-order valence-corrected chi connectivity index (χ4v) is 5.86. The maximum atomic E-state index is 12.7. The van der Waals surface area contributed by atoms with E-state index < -0.39 is 10.0 Å². The number of benzene rings is 2. The van der Waals surface area contributed by atoms with Crippen molar-refractivity contribution in [3.63, 3.8) is 0 Å². The van der Waals surface area contributed by atoms with Gasteiger partial charge in [-0.25, -0.2) is 18.4 Å². The van der Waals surface area contributed by atoms with Crippen LogP contribution in [0.25, 0.3) is 22.2 Å². The summed E-state index contributed by atoms with van der Waals surface area (Å²) in [4.78, 5) is 8.77. The first kappa shape index (κ1) is 22.0. The van der Waals surface area contributed by atoms with Gasteiger partial charge in [0.1, 0.15) is 17.8 Å². The van der Waals surface area contributed by atoms with Crippen molar-refractivity contribution in [3.05, 3.63) is 65.0 Å². The standard InChI is InChI=1S/C23H21Cl2N5O2S/c24-15-6-8-17(9-7-15)33(31,32)29-20-10-5-14(11-19(20)25)18-12-30(16-3-1-2-4-16)23-21(18)22(26)27-13-28-23/h5-13,16,29H,1-4H2,(H2,26,27,28). The van der Waals surface area contributed by atoms with Gasteiger partial charge in [0.15, 0.2) is 0 Å². The van der Waals surface area contributed by atoms with Gasteiger partial charge in [-0.1, -0.05) is 42.1 Å². The Bertz CT molecular complexity index is 1450. The number of hydrogen-bond acceptors (Lipinski definition) is 5. The number of nitrogens with one attached hydrogen (secondary N) is 1. The molecule has 4 aromatic rings. The zero-order valence-corrected chi connectivity index (χ0v) is 19.8. The topological polar surface area (TPSA) is 103 Å². The van der Waals surface area contributed by atoms with Crippen molar-refractivity contribution in [2.75, 3.05) is 10.5 Å². The van der Waals surface area contributed by atoms with Gasteiger partial charge in [0.25, 0.3) is 10.0 Å². The minimum absolute atomic E-state index is 0.0941. The summed E-state index contributed by atoms with van der Waals surface area (Å²) in [6.45, 7) is 0. The second kappa shape index (κ2) is 8.52. The summed E-state index contributed by atoms with van der Waals surface area (Å²) in [5, 5.41) is 1.49. The van der Waals surface area contributed by atoms with Crippen LogP contribution in [0.3, 0.4) is 0 Å². The Kier molecular flexibility index (Phi) is 5.68. The zero-order chi connectivity index (χ0) is 23.2. The highest BCUT2D eigenvalue weighted by atomic mass is 35.5. The van der Waals surface area contributed by atoms with E-state index in [1.807, 2.05) is 6.07 Å². The van der Waals surface area contributed by atoms with E-state index in [0.717, 1.165) is 35.0 Å². The molecule has 33 heavy (non-hydrogen) atoms. The van der Waals surface area contributed by atoms with Gasteiger partial charge >= 0.3 is 0 Å². The molecular weight excluding hydrogens is 481 g/mol. The van der Waals surface area contributed by atoms with E-state index >= 15 is 0 Å². The predicted octanol–water partition coefficient (Wildman–Crippen LogP) is 5.90. The molecule has 1 saturated carbocycles. The average molecular weight is 502 g/mol. The number of nitrogens with zero attached hydrogens (tertiary/aromatic N) is 3. The number of nitrogens with two attached hydrogens (primary N) is 1. The molecule has 7 nitrogen and oxygen atoms in total. The Balaban J connectivity index is 1.53. The normalized spacial score (nSPS) is 14.7. The summed E-state index contributed by atoms with van der Waals surface area (Å²) in [7, 11) is -3.82. The van der Waals surface area contributed by atoms with E-state index in [-0.39, 0.29) is 15.6 Å². The quantitative estimate of drug-likeness (QED) is 0.354. The summed E-state index contributed by atoms with van der Waals surface area (Å²) in [5.41, 5.74) is 8.98. The predicted molar refractivity (Wildman–Crippen MR) is 132 cm³/mol. The van der Waals surface area contributed by atoms with Crippen molar-refractivity contribution in [2.24, 2.45) is 0 Å². The SMILES string of the molecule is Nc1ncnc2c1c(-c1ccc(NS(=O)(=O)c3ccc(Cl)cc3)c(Cl)c1)cn2C1CCCC1. The number of nitrogen functional groups attached to an aromatic ring is 1. The maximum absolute atomic E-state index is 12.7. The third kappa shape index (κ3) is 4.14. The maximum Gasteiger partial charge on any atom is 0.261 e. The van der Waals surface area contributed by atoms with Crippen LogP contribution in [0, 0.1) is 0 Å². The Morgan fingerprint density at radius 3 is 2.45 bits per heavy atom. The monoisotopic (exact) mass is 501 g/mol. The van der Waals surface area contributed by atoms with Gasteiger partial charge in [0, 0.05) is 22.8 Å². The molecule has 2 aromatic heterocycles. The second-order valence-corrected chi connectivity index (χ2v) is 10.6. The highest BCUT2D eigenvalue weighted by molar-refractivity contribution is 7.92. The van der Waals surface area contributed by atoms with E-state index in [1.54, 1.807) is 12.1 Å². The molecule has 0 radical (unpaired) electrons. The molecule has 2 heterocycles. The lowest BCUT2D eigenvalue weighted by Gasteiger charge is -2.12. The molecule has 0 unspecified atom stereocenters. The minimum atomic E-state index is -3.82. The van der Waals surface area contributed by atoms with Crippen LogP contribution < -0.4 is 10.5 Å². The lowest BCUT2D eigenvalue weighted by Crippen LogP contribution is -2.13. The molecule has 10 heteroatoms. The number of hydrogen-bond donors (Lipinski definition) is 2. The van der Waals surface area contributed by atoms with Crippen molar-refractivity contribution < 1.29 is 8.42 Å². The molecule has 1 aliphatic carbocycles. The number of rotatable bonds is 5. The Morgan fingerprint density at radius 1 is 1.03 bits per heavy atom. The highest BCUT2D eigenvalue weighted by Gasteiger charge is 2.23. The summed E-state index contributed by atoms with van der Waals surface area (Å²) in [5.74, 6) is 0.399. The van der Waals surface area contributed by atoms with Crippen LogP contribution >= 0.6 is 23.2 Å². The average Bonchev–Trinajstić information content (AvgIpc) is 3.44. The molecule has 0 saturated heterocycles. The van der Waals surface area contributed by atoms with E-state index in [0.29, 0.717) is 16.9 Å². The van der Waals surface area contributed by atoms with Crippen LogP contribution in [0.1, 0.15) is 31.7 Å². The van der Waals surface area contributed by atoms with Crippen molar-refractivity contribution in [3.8, 4) is 11.1 Å². The van der Waals surface area contributed by atoms with Gasteiger partial charge < -0.3 is 10.3 Å². The smallest absolute Gasteiger partial charge is 0.261 e. The fraction of sp³-hybridized carbons (Fsp3) is 0.217. The fourth-order valence-electron chi connectivity index (χ4n) is 4.37. The van der Waals surface area contributed by atoms with Crippen LogP contribution in [0.4, 0.5) is 11.5 Å². The second-order valence-electron chi connectivity index (χ2n) is 8.10. The van der Waals surface area contributed by atoms with Crippen molar-refractivity contribution in [2.45, 2.75) is 36.6 Å². The Hall–Kier alpha value is -2.81. The molecule has 1 aliphatic rings. The summed E-state index contributed by atoms with van der Waals surface area (Å²) in [6.07, 6.45) is 8.10. The molecule has 0 spiro atoms. The number of halogens is 2. The number of fused-ring (bicyclic) bond motifs is 1. The summed E-state index contributed by atoms with van der Waals surface area (Å²) >= 11 is 12.4. The van der Waals surface area contributed by atoms with Crippen LogP contribution in [0.15, 0.2) is 59.9 Å². The van der Waals surface area contributed by atoms with E-state index in [9.17, 15) is 8.42 Å². The van der Waals surface area contributed by atoms with Crippen molar-refractivity contribution in [1.29, 1.82) is 0 Å². The van der Waals surface area contributed by atoms with Gasteiger partial charge in [0.2, 0.25) is 0 Å². The first-order chi connectivity index (χ1) is 15.8. The summed E-state index contributed by atoms with van der Waals surface area (Å²) < 4.78 is 30.2. The van der Waals surface area contributed by atoms with Crippen LogP contribution in [0.2, 0.25) is 10.0 Å². The molecule has 0 amide bonds. The van der Waals surface area contributed by atoms with Crippen molar-refractivity contribution in [1.82, 2.24) is 14.5 Å². The summed E-state index contributed by atoms with van der Waals surface area (Å²) in [6, 6.07) is 11.5. The number of aromatic nitrogens is 3. The first-order valence-electron chi connectivity index (χ1n) is 10.5. The Morgan fingerprint density at radius 2 is 1.76 bits per heavy atom. The van der Waals surface area contributed by atoms with Crippen LogP contribution in [-0.4, -0.2) is 23.0 Å². The van der Waals surface area contributed by atoms with E-state index in [1.165, 1.54) is 43.4 Å². The van der Waals surface area contributed by atoms with Gasteiger partial charge in [-0.05, 0) is 54.8 Å². The molecule has 5 rings (SSSR count). The third-order valence-corrected chi connectivity index (χ3v) is 7.95. The molecule has 0 atom stereocenters. The number of sulfonamides is 1. The van der Waals surface area contributed by atoms with E-state index in [4.69, 9.17) is 28.9 Å². The molecule has 3 N–H and O–H groups in total. The lowest BCUT2D eigenvalue weighted by atomic mass is 10.1. The molecule has 0 bridgehead atoms. The molecule has 2 aromatic carbocycles. The van der Waals surface area contributed by atoms with Crippen LogP contribution in [-0.2, 0) is 10.0 Å². The van der Waals surface area contributed by atoms with Gasteiger partial charge in [0.05, 0.1) is 21.0 Å². The van der Waals surface area contributed by atoms with Crippen molar-refractivity contribution >= 4 is 55.8 Å². The molecule has 1 fully saturated rings. The molecular formula is C23H21Cl2N5O2S. The molecule has 0 aliphatic heterocycles. The van der Waals surface area contributed by atoms with Gasteiger partial charge in [-0.3, -0.25) is 4.72 Å². The minimum Gasteiger partial charge on any atom is -0.383 e. The zero-order valence-electron chi connectivity index (χ0n) is 17.5. The van der Waals surface area contributed by atoms with Gasteiger partial charge in [-0.2, -0.15) is 0 Å². The third-order valence-electron chi connectivity index (χ3n) is 6.01. The largest absolute Gasteiger partial charge is 0.383 e. The Labute approximate surface area is 201 Å². The highest BCUT2D eigenvalue weighted by Crippen LogP contribution is 2.40.